The van der Waals surface area contributed by atoms with E-state index in [1.807, 2.05) is 28.8 Å². The lowest BCUT2D eigenvalue weighted by atomic mass is 9.94. The summed E-state index contributed by atoms with van der Waals surface area (Å²) in [5, 5.41) is 6.92. The van der Waals surface area contributed by atoms with E-state index in [2.05, 4.69) is 57.2 Å². The van der Waals surface area contributed by atoms with E-state index in [4.69, 9.17) is 9.40 Å². The molecule has 7 nitrogen and oxygen atoms in total. The predicted molar refractivity (Wildman–Crippen MR) is 155 cm³/mol. The molecule has 2 aromatic heterocycles. The van der Waals surface area contributed by atoms with Crippen molar-refractivity contribution in [3.63, 3.8) is 0 Å². The Morgan fingerprint density at radius 3 is 2.67 bits per heavy atom. The van der Waals surface area contributed by atoms with Crippen molar-refractivity contribution >= 4 is 48.3 Å². The van der Waals surface area contributed by atoms with Crippen molar-refractivity contribution in [2.75, 3.05) is 36.5 Å². The Balaban J connectivity index is 0.00000324. The minimum atomic E-state index is -0.224. The molecule has 3 rings (SSSR count). The van der Waals surface area contributed by atoms with Gasteiger partial charge in [-0.2, -0.15) is 11.8 Å². The zero-order chi connectivity index (χ0) is 24.7. The fraction of sp³-hybridized carbons (Fsp3) is 0.654. The molecule has 2 N–H and O–H groups in total. The quantitative estimate of drug-likeness (QED) is 0.389. The van der Waals surface area contributed by atoms with E-state index in [9.17, 15) is 4.79 Å². The largest absolute Gasteiger partial charge is 0.467 e. The predicted octanol–water partition coefficient (Wildman–Crippen LogP) is 5.65. The Morgan fingerprint density at radius 1 is 1.31 bits per heavy atom. The molecule has 1 aliphatic heterocycles. The molecule has 1 saturated heterocycles. The van der Waals surface area contributed by atoms with Crippen LogP contribution in [0.25, 0.3) is 0 Å². The van der Waals surface area contributed by atoms with E-state index in [0.29, 0.717) is 42.1 Å². The van der Waals surface area contributed by atoms with Crippen molar-refractivity contribution in [1.82, 2.24) is 20.2 Å². The molecule has 2 atom stereocenters. The van der Waals surface area contributed by atoms with E-state index >= 15 is 0 Å². The first-order valence-corrected chi connectivity index (χ1v) is 13.6. The molecular formula is C26H43Cl2N5O2S. The molecular weight excluding hydrogens is 517 g/mol. The highest BCUT2D eigenvalue weighted by Gasteiger charge is 2.32. The van der Waals surface area contributed by atoms with Gasteiger partial charge in [0.1, 0.15) is 23.0 Å². The number of nitrogens with zero attached hydrogens (tertiary/aromatic N) is 3. The topological polar surface area (TPSA) is 83.3 Å². The second kappa shape index (κ2) is 15.1. The first-order chi connectivity index (χ1) is 16.2. The fourth-order valence-corrected chi connectivity index (χ4v) is 5.04. The maximum atomic E-state index is 14.0. The number of aromatic nitrogens is 2. The molecule has 0 aliphatic carbocycles. The number of amides is 1. The van der Waals surface area contributed by atoms with Crippen molar-refractivity contribution in [2.24, 2.45) is 11.8 Å². The van der Waals surface area contributed by atoms with Crippen LogP contribution in [0.15, 0.2) is 29.0 Å². The lowest BCUT2D eigenvalue weighted by Gasteiger charge is -2.39. The molecule has 204 valence electrons. The van der Waals surface area contributed by atoms with E-state index in [0.717, 1.165) is 36.8 Å². The number of nitrogens with one attached hydrogen (secondary N) is 2. The number of rotatable bonds is 10. The van der Waals surface area contributed by atoms with Gasteiger partial charge >= 0.3 is 0 Å². The number of hydrogen-bond donors (Lipinski definition) is 2. The van der Waals surface area contributed by atoms with Gasteiger partial charge in [-0.25, -0.2) is 9.97 Å². The average Bonchev–Trinajstić information content (AvgIpc) is 3.32. The second-order valence-corrected chi connectivity index (χ2v) is 11.9. The molecule has 0 spiro atoms. The third kappa shape index (κ3) is 9.12. The van der Waals surface area contributed by atoms with Gasteiger partial charge in [0.05, 0.1) is 12.8 Å². The molecule has 3 heterocycles. The maximum absolute atomic E-state index is 14.0. The molecule has 10 heteroatoms. The summed E-state index contributed by atoms with van der Waals surface area (Å²) in [4.78, 5) is 25.4. The van der Waals surface area contributed by atoms with Gasteiger partial charge in [0.15, 0.2) is 0 Å². The van der Waals surface area contributed by atoms with Crippen LogP contribution in [0, 0.1) is 11.8 Å². The molecule has 2 unspecified atom stereocenters. The van der Waals surface area contributed by atoms with Gasteiger partial charge < -0.3 is 20.0 Å². The minimum absolute atomic E-state index is 0. The van der Waals surface area contributed by atoms with Gasteiger partial charge in [-0.3, -0.25) is 4.79 Å². The van der Waals surface area contributed by atoms with Crippen LogP contribution in [0.1, 0.15) is 69.9 Å². The van der Waals surface area contributed by atoms with E-state index in [1.165, 1.54) is 0 Å². The van der Waals surface area contributed by atoms with Crippen molar-refractivity contribution in [2.45, 2.75) is 66.0 Å². The first-order valence-electron chi connectivity index (χ1n) is 12.4. The van der Waals surface area contributed by atoms with Crippen LogP contribution in [0.3, 0.4) is 0 Å². The van der Waals surface area contributed by atoms with Gasteiger partial charge in [-0.05, 0) is 48.4 Å². The third-order valence-corrected chi connectivity index (χ3v) is 7.06. The number of furan rings is 1. The molecule has 2 aromatic rings. The Bertz CT molecular complexity index is 922. The molecule has 36 heavy (non-hydrogen) atoms. The van der Waals surface area contributed by atoms with Crippen LogP contribution in [-0.4, -0.2) is 58.0 Å². The molecule has 0 saturated carbocycles. The number of carbonyl (C=O) groups is 1. The number of halogens is 2. The van der Waals surface area contributed by atoms with Crippen molar-refractivity contribution < 1.29 is 9.21 Å². The summed E-state index contributed by atoms with van der Waals surface area (Å²) in [5.41, 5.74) is 0.294. The summed E-state index contributed by atoms with van der Waals surface area (Å²) in [6.45, 7) is 15.8. The van der Waals surface area contributed by atoms with E-state index in [-0.39, 0.29) is 42.2 Å². The zero-order valence-electron chi connectivity index (χ0n) is 22.4. The monoisotopic (exact) mass is 559 g/mol. The molecule has 1 amide bonds. The minimum Gasteiger partial charge on any atom is -0.467 e. The Kier molecular flexibility index (Phi) is 13.6. The Morgan fingerprint density at radius 2 is 2.06 bits per heavy atom. The van der Waals surface area contributed by atoms with Crippen molar-refractivity contribution in [1.29, 1.82) is 0 Å². The SMILES string of the molecule is CCSCC1CNCC(N(CC(C)C)C(=O)c2cnc(C(C)(C)C)nc2NCc2ccco2)C1.Cl.Cl. The van der Waals surface area contributed by atoms with E-state index < -0.39 is 0 Å². The lowest BCUT2D eigenvalue weighted by molar-refractivity contribution is 0.0596. The number of piperidine rings is 1. The normalized spacial score (nSPS) is 17.8. The number of carbonyl (C=O) groups excluding carboxylic acids is 1. The van der Waals surface area contributed by atoms with Crippen LogP contribution in [-0.2, 0) is 12.0 Å². The summed E-state index contributed by atoms with van der Waals surface area (Å²) in [5.74, 6) is 5.24. The van der Waals surface area contributed by atoms with Crippen LogP contribution in [0.4, 0.5) is 5.82 Å². The maximum Gasteiger partial charge on any atom is 0.259 e. The summed E-state index contributed by atoms with van der Waals surface area (Å²) < 4.78 is 5.48. The van der Waals surface area contributed by atoms with Gasteiger partial charge in [0.25, 0.3) is 5.91 Å². The van der Waals surface area contributed by atoms with Crippen LogP contribution in [0.5, 0.6) is 0 Å². The van der Waals surface area contributed by atoms with Crippen molar-refractivity contribution in [3.8, 4) is 0 Å². The second-order valence-electron chi connectivity index (χ2n) is 10.6. The highest BCUT2D eigenvalue weighted by Crippen LogP contribution is 2.26. The average molecular weight is 561 g/mol. The van der Waals surface area contributed by atoms with Gasteiger partial charge in [-0.15, -0.1) is 24.8 Å². The van der Waals surface area contributed by atoms with Crippen LogP contribution >= 0.6 is 36.6 Å². The number of hydrogen-bond acceptors (Lipinski definition) is 7. The number of thioether (sulfide) groups is 1. The zero-order valence-corrected chi connectivity index (χ0v) is 24.8. The lowest BCUT2D eigenvalue weighted by Crippen LogP contribution is -2.52. The van der Waals surface area contributed by atoms with E-state index in [1.54, 1.807) is 12.5 Å². The fourth-order valence-electron chi connectivity index (χ4n) is 4.22. The molecule has 0 radical (unpaired) electrons. The highest BCUT2D eigenvalue weighted by molar-refractivity contribution is 7.99. The first kappa shape index (κ1) is 32.5. The molecule has 1 fully saturated rings. The highest BCUT2D eigenvalue weighted by atomic mass is 35.5. The molecule has 0 aromatic carbocycles. The number of anilines is 1. The Hall–Kier alpha value is -1.48. The third-order valence-electron chi connectivity index (χ3n) is 5.94. The van der Waals surface area contributed by atoms with Gasteiger partial charge in [0, 0.05) is 30.7 Å². The van der Waals surface area contributed by atoms with Gasteiger partial charge in [0.2, 0.25) is 0 Å². The summed E-state index contributed by atoms with van der Waals surface area (Å²) in [6, 6.07) is 3.93. The standard InChI is InChI=1S/C26H41N5O2S.2ClH/c1-7-34-17-19-11-20(13-27-12-19)31(16-18(2)3)24(32)22-15-29-25(26(4,5)6)30-23(22)28-14-21-9-8-10-33-21;;/h8-10,15,18-20,27H,7,11-14,16-17H2,1-6H3,(H,28,29,30);2*1H. The molecule has 0 bridgehead atoms. The Labute approximate surface area is 233 Å². The van der Waals surface area contributed by atoms with Crippen molar-refractivity contribution in [3.05, 3.63) is 41.7 Å². The smallest absolute Gasteiger partial charge is 0.259 e. The van der Waals surface area contributed by atoms with Gasteiger partial charge in [-0.1, -0.05) is 41.5 Å². The summed E-state index contributed by atoms with van der Waals surface area (Å²) >= 11 is 1.98. The van der Waals surface area contributed by atoms with Crippen LogP contribution < -0.4 is 10.6 Å². The van der Waals surface area contributed by atoms with Crippen LogP contribution in [0.2, 0.25) is 0 Å². The molecule has 1 aliphatic rings. The summed E-state index contributed by atoms with van der Waals surface area (Å²) in [6.07, 6.45) is 4.38. The summed E-state index contributed by atoms with van der Waals surface area (Å²) in [7, 11) is 0.